The number of fused-ring (bicyclic) bond motifs is 1. The minimum Gasteiger partial charge on any atom is -0.423 e. The number of allylic oxidation sites excluding steroid dienone is 1. The Balaban J connectivity index is 2.71. The lowest BCUT2D eigenvalue weighted by Crippen LogP contribution is -2.22. The van der Waals surface area contributed by atoms with Crippen LogP contribution in [0.2, 0.25) is 0 Å². The minimum atomic E-state index is -0.631. The highest BCUT2D eigenvalue weighted by molar-refractivity contribution is 5.74. The van der Waals surface area contributed by atoms with Gasteiger partial charge in [-0.15, -0.1) is 0 Å². The van der Waals surface area contributed by atoms with Crippen molar-refractivity contribution in [2.75, 3.05) is 0 Å². The number of hydrogen-bond acceptors (Lipinski definition) is 5. The SMILES string of the molecule is C=C(C)[C@@H]1CCc2c(c(C)cc(OC(C)=O)c(OC(C)=O)c2=O)C1. The molecule has 5 nitrogen and oxygen atoms in total. The van der Waals surface area contributed by atoms with Crippen molar-refractivity contribution in [1.29, 1.82) is 0 Å². The zero-order chi connectivity index (χ0) is 18.0. The molecule has 0 saturated carbocycles. The highest BCUT2D eigenvalue weighted by atomic mass is 16.6. The van der Waals surface area contributed by atoms with E-state index in [1.165, 1.54) is 13.8 Å². The van der Waals surface area contributed by atoms with Crippen LogP contribution in [0, 0.1) is 12.8 Å². The third-order valence-corrected chi connectivity index (χ3v) is 4.28. The average Bonchev–Trinajstić information content (AvgIpc) is 2.57. The smallest absolute Gasteiger partial charge is 0.308 e. The molecule has 0 bridgehead atoms. The van der Waals surface area contributed by atoms with E-state index in [1.807, 2.05) is 13.8 Å². The van der Waals surface area contributed by atoms with Crippen molar-refractivity contribution >= 4 is 11.9 Å². The summed E-state index contributed by atoms with van der Waals surface area (Å²) in [5.41, 5.74) is 3.08. The van der Waals surface area contributed by atoms with E-state index in [-0.39, 0.29) is 16.9 Å². The fourth-order valence-corrected chi connectivity index (χ4v) is 3.08. The van der Waals surface area contributed by atoms with Crippen LogP contribution in [0.5, 0.6) is 11.5 Å². The van der Waals surface area contributed by atoms with Crippen LogP contribution in [0.1, 0.15) is 43.9 Å². The summed E-state index contributed by atoms with van der Waals surface area (Å²) < 4.78 is 10.2. The zero-order valence-electron chi connectivity index (χ0n) is 14.5. The third kappa shape index (κ3) is 3.72. The molecule has 0 radical (unpaired) electrons. The number of rotatable bonds is 3. The van der Waals surface area contributed by atoms with Gasteiger partial charge >= 0.3 is 11.9 Å². The van der Waals surface area contributed by atoms with Crippen LogP contribution in [0.25, 0.3) is 0 Å². The van der Waals surface area contributed by atoms with Gasteiger partial charge in [-0.1, -0.05) is 12.2 Å². The Morgan fingerprint density at radius 2 is 1.75 bits per heavy atom. The topological polar surface area (TPSA) is 69.7 Å². The normalized spacial score (nSPS) is 16.1. The van der Waals surface area contributed by atoms with Crippen LogP contribution in [-0.2, 0) is 22.4 Å². The summed E-state index contributed by atoms with van der Waals surface area (Å²) in [7, 11) is 0. The molecular formula is C19H22O5. The second-order valence-electron chi connectivity index (χ2n) is 6.28. The highest BCUT2D eigenvalue weighted by Gasteiger charge is 2.26. The van der Waals surface area contributed by atoms with Crippen LogP contribution >= 0.6 is 0 Å². The Kier molecular flexibility index (Phi) is 5.22. The summed E-state index contributed by atoms with van der Waals surface area (Å²) in [6.07, 6.45) is 2.11. The summed E-state index contributed by atoms with van der Waals surface area (Å²) in [5, 5.41) is 0. The van der Waals surface area contributed by atoms with Gasteiger partial charge in [0.25, 0.3) is 0 Å². The van der Waals surface area contributed by atoms with Crippen molar-refractivity contribution in [2.24, 2.45) is 5.92 Å². The fraction of sp³-hybridized carbons (Fsp3) is 0.421. The number of ether oxygens (including phenoxy) is 2. The first-order valence-corrected chi connectivity index (χ1v) is 7.92. The molecule has 0 aliphatic heterocycles. The molecule has 0 saturated heterocycles. The minimum absolute atomic E-state index is 0.0125. The Morgan fingerprint density at radius 3 is 2.29 bits per heavy atom. The van der Waals surface area contributed by atoms with Crippen molar-refractivity contribution in [1.82, 2.24) is 0 Å². The van der Waals surface area contributed by atoms with Crippen LogP contribution in [-0.4, -0.2) is 11.9 Å². The van der Waals surface area contributed by atoms with E-state index in [4.69, 9.17) is 9.47 Å². The summed E-state index contributed by atoms with van der Waals surface area (Å²) in [4.78, 5) is 35.6. The Hall–Kier alpha value is -2.43. The lowest BCUT2D eigenvalue weighted by molar-refractivity contribution is -0.134. The molecule has 0 amide bonds. The fourth-order valence-electron chi connectivity index (χ4n) is 3.08. The van der Waals surface area contributed by atoms with E-state index in [0.717, 1.165) is 23.1 Å². The van der Waals surface area contributed by atoms with Gasteiger partial charge in [0, 0.05) is 19.4 Å². The Labute approximate surface area is 141 Å². The van der Waals surface area contributed by atoms with E-state index < -0.39 is 11.9 Å². The van der Waals surface area contributed by atoms with E-state index in [2.05, 4.69) is 6.58 Å². The van der Waals surface area contributed by atoms with Crippen LogP contribution in [0.15, 0.2) is 23.0 Å². The molecule has 5 heteroatoms. The Bertz CT molecular complexity index is 776. The maximum atomic E-state index is 12.9. The highest BCUT2D eigenvalue weighted by Crippen LogP contribution is 2.33. The molecule has 0 aromatic heterocycles. The molecule has 0 fully saturated rings. The van der Waals surface area contributed by atoms with E-state index >= 15 is 0 Å². The lowest BCUT2D eigenvalue weighted by atomic mass is 9.80. The molecule has 0 unspecified atom stereocenters. The molecule has 24 heavy (non-hydrogen) atoms. The predicted molar refractivity (Wildman–Crippen MR) is 90.4 cm³/mol. The van der Waals surface area contributed by atoms with Gasteiger partial charge in [-0.3, -0.25) is 14.4 Å². The number of esters is 2. The third-order valence-electron chi connectivity index (χ3n) is 4.28. The van der Waals surface area contributed by atoms with Crippen molar-refractivity contribution in [2.45, 2.75) is 47.0 Å². The van der Waals surface area contributed by atoms with Gasteiger partial charge in [0.15, 0.2) is 5.75 Å². The molecule has 1 aromatic rings. The van der Waals surface area contributed by atoms with Gasteiger partial charge < -0.3 is 9.47 Å². The molecule has 1 atom stereocenters. The van der Waals surface area contributed by atoms with Crippen molar-refractivity contribution < 1.29 is 19.1 Å². The van der Waals surface area contributed by atoms with Gasteiger partial charge in [-0.25, -0.2) is 0 Å². The van der Waals surface area contributed by atoms with Gasteiger partial charge in [0.1, 0.15) is 0 Å². The van der Waals surface area contributed by atoms with E-state index in [0.29, 0.717) is 24.3 Å². The molecule has 2 rings (SSSR count). The molecule has 1 aliphatic rings. The summed E-state index contributed by atoms with van der Waals surface area (Å²) in [5.74, 6) is -1.12. The second-order valence-corrected chi connectivity index (χ2v) is 6.28. The van der Waals surface area contributed by atoms with Crippen LogP contribution in [0.4, 0.5) is 0 Å². The first-order chi connectivity index (χ1) is 11.2. The number of carbonyl (C=O) groups is 2. The largest absolute Gasteiger partial charge is 0.423 e. The number of carbonyl (C=O) groups excluding carboxylic acids is 2. The standard InChI is InChI=1S/C19H22O5/c1-10(2)14-6-7-15-16(9-14)11(3)8-17(23-12(4)20)19(18(15)22)24-13(5)21/h8,14H,1,6-7,9H2,2-5H3/t14-/m1/s1. The molecule has 1 aromatic carbocycles. The van der Waals surface area contributed by atoms with E-state index in [9.17, 15) is 14.4 Å². The molecule has 0 spiro atoms. The maximum Gasteiger partial charge on any atom is 0.308 e. The van der Waals surface area contributed by atoms with Gasteiger partial charge in [-0.05, 0) is 56.2 Å². The van der Waals surface area contributed by atoms with Crippen molar-refractivity contribution in [3.63, 3.8) is 0 Å². The molecular weight excluding hydrogens is 308 g/mol. The number of hydrogen-bond donors (Lipinski definition) is 0. The number of aryl methyl sites for hydroxylation is 1. The Morgan fingerprint density at radius 1 is 1.12 bits per heavy atom. The maximum absolute atomic E-state index is 12.9. The van der Waals surface area contributed by atoms with Gasteiger partial charge in [-0.2, -0.15) is 0 Å². The van der Waals surface area contributed by atoms with Gasteiger partial charge in [0.05, 0.1) is 0 Å². The average molecular weight is 330 g/mol. The van der Waals surface area contributed by atoms with Crippen molar-refractivity contribution in [3.8, 4) is 11.5 Å². The van der Waals surface area contributed by atoms with Crippen LogP contribution in [0.3, 0.4) is 0 Å². The van der Waals surface area contributed by atoms with E-state index in [1.54, 1.807) is 6.07 Å². The molecule has 0 N–H and O–H groups in total. The second kappa shape index (κ2) is 6.99. The zero-order valence-corrected chi connectivity index (χ0v) is 14.5. The van der Waals surface area contributed by atoms with Crippen molar-refractivity contribution in [3.05, 3.63) is 45.1 Å². The quantitative estimate of drug-likeness (QED) is 0.629. The molecule has 0 heterocycles. The monoisotopic (exact) mass is 330 g/mol. The first kappa shape index (κ1) is 17.9. The lowest BCUT2D eigenvalue weighted by Gasteiger charge is -2.24. The van der Waals surface area contributed by atoms with Crippen LogP contribution < -0.4 is 14.9 Å². The summed E-state index contributed by atoms with van der Waals surface area (Å²) >= 11 is 0. The molecule has 1 aliphatic carbocycles. The van der Waals surface area contributed by atoms with Gasteiger partial charge in [0.2, 0.25) is 11.2 Å². The molecule has 128 valence electrons. The summed E-state index contributed by atoms with van der Waals surface area (Å²) in [6, 6.07) is 1.60. The summed E-state index contributed by atoms with van der Waals surface area (Å²) in [6.45, 7) is 10.3. The predicted octanol–water partition coefficient (Wildman–Crippen LogP) is 2.89. The first-order valence-electron chi connectivity index (χ1n) is 7.92.